The lowest BCUT2D eigenvalue weighted by molar-refractivity contribution is -0.133. The number of hydrogen-bond acceptors (Lipinski definition) is 5. The van der Waals surface area contributed by atoms with Crippen LogP contribution in [0.4, 0.5) is 13.2 Å². The van der Waals surface area contributed by atoms with Gasteiger partial charge in [0.2, 0.25) is 5.91 Å². The van der Waals surface area contributed by atoms with Gasteiger partial charge in [-0.3, -0.25) is 4.79 Å². The van der Waals surface area contributed by atoms with E-state index in [1.807, 2.05) is 6.92 Å². The van der Waals surface area contributed by atoms with E-state index in [-0.39, 0.29) is 23.9 Å². The van der Waals surface area contributed by atoms with Crippen molar-refractivity contribution in [2.75, 3.05) is 6.54 Å². The van der Waals surface area contributed by atoms with Gasteiger partial charge in [0.25, 0.3) is 0 Å². The van der Waals surface area contributed by atoms with Gasteiger partial charge in [-0.25, -0.2) is 18.2 Å². The summed E-state index contributed by atoms with van der Waals surface area (Å²) < 4.78 is 50.6. The molecule has 2 aromatic heterocycles. The quantitative estimate of drug-likeness (QED) is 0.636. The van der Waals surface area contributed by atoms with Crippen LogP contribution in [0.15, 0.2) is 27.3 Å². The van der Waals surface area contributed by atoms with E-state index in [1.165, 1.54) is 6.26 Å². The van der Waals surface area contributed by atoms with Crippen molar-refractivity contribution in [1.82, 2.24) is 15.0 Å². The molecule has 6 nitrogen and oxygen atoms in total. The number of carbonyl (C=O) groups is 1. The zero-order chi connectivity index (χ0) is 20.0. The van der Waals surface area contributed by atoms with E-state index in [0.29, 0.717) is 30.3 Å². The summed E-state index contributed by atoms with van der Waals surface area (Å²) in [5.41, 5.74) is 2.00. The fraction of sp³-hybridized carbons (Fsp3) is 0.316. The van der Waals surface area contributed by atoms with Gasteiger partial charge in [-0.1, -0.05) is 5.16 Å². The average molecular weight is 391 g/mol. The van der Waals surface area contributed by atoms with Crippen LogP contribution in [0.25, 0.3) is 11.5 Å². The molecule has 0 aliphatic carbocycles. The predicted octanol–water partition coefficient (Wildman–Crippen LogP) is 3.74. The number of hydrogen-bond donors (Lipinski definition) is 0. The van der Waals surface area contributed by atoms with E-state index in [0.717, 1.165) is 23.4 Å². The number of nitrogens with zero attached hydrogens (tertiary/aromatic N) is 3. The van der Waals surface area contributed by atoms with E-state index in [4.69, 9.17) is 8.94 Å². The van der Waals surface area contributed by atoms with Crippen molar-refractivity contribution in [3.63, 3.8) is 0 Å². The van der Waals surface area contributed by atoms with Gasteiger partial charge < -0.3 is 13.8 Å². The lowest BCUT2D eigenvalue weighted by atomic mass is 9.96. The Balaban J connectivity index is 1.60. The number of oxazole rings is 1. The molecule has 28 heavy (non-hydrogen) atoms. The van der Waals surface area contributed by atoms with Gasteiger partial charge in [-0.05, 0) is 24.6 Å². The van der Waals surface area contributed by atoms with Crippen molar-refractivity contribution < 1.29 is 26.9 Å². The van der Waals surface area contributed by atoms with Crippen LogP contribution in [0.5, 0.6) is 0 Å². The highest BCUT2D eigenvalue weighted by molar-refractivity contribution is 5.80. The van der Waals surface area contributed by atoms with Gasteiger partial charge in [0.15, 0.2) is 29.1 Å². The minimum Gasteiger partial charge on any atom is -0.449 e. The van der Waals surface area contributed by atoms with Gasteiger partial charge >= 0.3 is 0 Å². The zero-order valence-electron chi connectivity index (χ0n) is 15.1. The second-order valence-corrected chi connectivity index (χ2v) is 6.69. The molecular weight excluding hydrogens is 375 g/mol. The maximum Gasteiger partial charge on any atom is 0.227 e. The van der Waals surface area contributed by atoms with E-state index < -0.39 is 17.5 Å². The molecule has 0 bridgehead atoms. The van der Waals surface area contributed by atoms with E-state index in [1.54, 1.807) is 11.8 Å². The molecule has 0 unspecified atom stereocenters. The Bertz CT molecular complexity index is 1040. The van der Waals surface area contributed by atoms with E-state index in [9.17, 15) is 18.0 Å². The summed E-state index contributed by atoms with van der Waals surface area (Å²) in [7, 11) is 0. The molecule has 1 aromatic carbocycles. The van der Waals surface area contributed by atoms with Gasteiger partial charge in [-0.2, -0.15) is 0 Å². The maximum atomic E-state index is 13.4. The largest absolute Gasteiger partial charge is 0.449 e. The molecule has 146 valence electrons. The van der Waals surface area contributed by atoms with Crippen LogP contribution in [0.3, 0.4) is 0 Å². The SMILES string of the molecule is Cc1nc(-c2onc3c2[C@H](C)N(C(=O)Cc2cc(F)c(F)c(F)c2)CC3)co1. The molecule has 3 heterocycles. The van der Waals surface area contributed by atoms with Crippen LogP contribution in [-0.2, 0) is 17.6 Å². The first-order chi connectivity index (χ1) is 13.3. The Morgan fingerprint density at radius 1 is 1.29 bits per heavy atom. The molecule has 0 radical (unpaired) electrons. The Hall–Kier alpha value is -3.10. The number of aromatic nitrogens is 2. The summed E-state index contributed by atoms with van der Waals surface area (Å²) in [5.74, 6) is -3.64. The first kappa shape index (κ1) is 18.3. The van der Waals surface area contributed by atoms with Crippen molar-refractivity contribution >= 4 is 5.91 Å². The van der Waals surface area contributed by atoms with Crippen molar-refractivity contribution in [3.05, 3.63) is 58.6 Å². The Morgan fingerprint density at radius 2 is 2.00 bits per heavy atom. The minimum atomic E-state index is -1.55. The molecule has 0 fully saturated rings. The normalized spacial score (nSPS) is 16.3. The van der Waals surface area contributed by atoms with Crippen LogP contribution >= 0.6 is 0 Å². The van der Waals surface area contributed by atoms with Gasteiger partial charge in [0.05, 0.1) is 18.2 Å². The molecule has 0 saturated heterocycles. The predicted molar refractivity (Wildman–Crippen MR) is 90.6 cm³/mol. The van der Waals surface area contributed by atoms with Crippen LogP contribution in [0.1, 0.15) is 35.7 Å². The number of fused-ring (bicyclic) bond motifs is 1. The van der Waals surface area contributed by atoms with Gasteiger partial charge in [-0.15, -0.1) is 0 Å². The zero-order valence-corrected chi connectivity index (χ0v) is 15.1. The van der Waals surface area contributed by atoms with Crippen molar-refractivity contribution in [3.8, 4) is 11.5 Å². The lowest BCUT2D eigenvalue weighted by Crippen LogP contribution is -2.39. The molecule has 1 amide bonds. The molecular formula is C19H16F3N3O3. The highest BCUT2D eigenvalue weighted by Gasteiger charge is 2.34. The summed E-state index contributed by atoms with van der Waals surface area (Å²) >= 11 is 0. The summed E-state index contributed by atoms with van der Waals surface area (Å²) in [4.78, 5) is 18.6. The highest BCUT2D eigenvalue weighted by Crippen LogP contribution is 2.37. The Kier molecular flexibility index (Phi) is 4.44. The Labute approximate surface area is 157 Å². The maximum absolute atomic E-state index is 13.4. The summed E-state index contributed by atoms with van der Waals surface area (Å²) in [5, 5.41) is 4.07. The summed E-state index contributed by atoms with van der Waals surface area (Å²) in [6, 6.07) is 1.28. The molecule has 0 spiro atoms. The molecule has 0 saturated carbocycles. The third kappa shape index (κ3) is 3.06. The third-order valence-corrected chi connectivity index (χ3v) is 4.85. The number of carbonyl (C=O) groups excluding carboxylic acids is 1. The Morgan fingerprint density at radius 3 is 2.64 bits per heavy atom. The van der Waals surface area contributed by atoms with Crippen LogP contribution in [-0.4, -0.2) is 27.5 Å². The molecule has 0 N–H and O–H groups in total. The second-order valence-electron chi connectivity index (χ2n) is 6.69. The van der Waals surface area contributed by atoms with Crippen LogP contribution < -0.4 is 0 Å². The molecule has 1 atom stereocenters. The smallest absolute Gasteiger partial charge is 0.227 e. The first-order valence-electron chi connectivity index (χ1n) is 8.69. The fourth-order valence-corrected chi connectivity index (χ4v) is 3.50. The fourth-order valence-electron chi connectivity index (χ4n) is 3.50. The highest BCUT2D eigenvalue weighted by atomic mass is 19.2. The first-order valence-corrected chi connectivity index (χ1v) is 8.69. The van der Waals surface area contributed by atoms with Gasteiger partial charge in [0.1, 0.15) is 12.0 Å². The molecule has 9 heteroatoms. The molecule has 1 aliphatic rings. The van der Waals surface area contributed by atoms with Crippen molar-refractivity contribution in [1.29, 1.82) is 0 Å². The van der Waals surface area contributed by atoms with E-state index >= 15 is 0 Å². The topological polar surface area (TPSA) is 72.4 Å². The average Bonchev–Trinajstić information content (AvgIpc) is 3.26. The minimum absolute atomic E-state index is 0.0667. The molecule has 1 aliphatic heterocycles. The number of benzene rings is 1. The lowest BCUT2D eigenvalue weighted by Gasteiger charge is -2.33. The number of amides is 1. The number of rotatable bonds is 3. The second kappa shape index (κ2) is 6.81. The standard InChI is InChI=1S/C19H16F3N3O3/c1-9-17-14(24-28-19(17)15-8-27-10(2)23-15)3-4-25(9)16(26)7-11-5-12(20)18(22)13(21)6-11/h5-6,8-9H,3-4,7H2,1-2H3/t9-/m0/s1. The van der Waals surface area contributed by atoms with Crippen molar-refractivity contribution in [2.45, 2.75) is 32.7 Å². The van der Waals surface area contributed by atoms with Gasteiger partial charge in [0, 0.05) is 25.5 Å². The van der Waals surface area contributed by atoms with E-state index in [2.05, 4.69) is 10.1 Å². The molecule has 3 aromatic rings. The monoisotopic (exact) mass is 391 g/mol. The molecule has 4 rings (SSSR count). The summed E-state index contributed by atoms with van der Waals surface area (Å²) in [6.45, 7) is 3.89. The number of halogens is 3. The number of aryl methyl sites for hydroxylation is 1. The van der Waals surface area contributed by atoms with Crippen LogP contribution in [0, 0.1) is 24.4 Å². The third-order valence-electron chi connectivity index (χ3n) is 4.85. The van der Waals surface area contributed by atoms with Crippen molar-refractivity contribution in [2.24, 2.45) is 0 Å². The van der Waals surface area contributed by atoms with Crippen LogP contribution in [0.2, 0.25) is 0 Å². The summed E-state index contributed by atoms with van der Waals surface area (Å²) in [6.07, 6.45) is 1.67.